The van der Waals surface area contributed by atoms with Gasteiger partial charge in [0.1, 0.15) is 0 Å². The van der Waals surface area contributed by atoms with E-state index in [4.69, 9.17) is 0 Å². The fraction of sp³-hybridized carbons (Fsp3) is 0.533. The van der Waals surface area contributed by atoms with Crippen LogP contribution in [-0.2, 0) is 17.8 Å². The van der Waals surface area contributed by atoms with Crippen LogP contribution in [0.4, 0.5) is 5.69 Å². The molecule has 19 heavy (non-hydrogen) atoms. The van der Waals surface area contributed by atoms with Gasteiger partial charge in [0.05, 0.1) is 0 Å². The highest BCUT2D eigenvalue weighted by molar-refractivity contribution is 5.76. The summed E-state index contributed by atoms with van der Waals surface area (Å²) in [6, 6.07) is 6.91. The molecule has 0 aromatic heterocycles. The highest BCUT2D eigenvalue weighted by atomic mass is 16.1. The molecule has 1 amide bonds. The zero-order chi connectivity index (χ0) is 13.1. The van der Waals surface area contributed by atoms with Crippen LogP contribution in [0.2, 0.25) is 0 Å². The van der Waals surface area contributed by atoms with Gasteiger partial charge in [-0.3, -0.25) is 4.79 Å². The van der Waals surface area contributed by atoms with Crippen LogP contribution >= 0.6 is 0 Å². The van der Waals surface area contributed by atoms with E-state index in [0.29, 0.717) is 12.5 Å². The molecule has 0 unspecified atom stereocenters. The lowest BCUT2D eigenvalue weighted by Gasteiger charge is -2.10. The molecule has 102 valence electrons. The topological polar surface area (TPSA) is 53.2 Å². The predicted molar refractivity (Wildman–Crippen MR) is 76.1 cm³/mol. The highest BCUT2D eigenvalue weighted by Gasteiger charge is 2.22. The van der Waals surface area contributed by atoms with Crippen molar-refractivity contribution in [2.24, 2.45) is 0 Å². The Balaban J connectivity index is 1.42. The van der Waals surface area contributed by atoms with Crippen molar-refractivity contribution in [1.29, 1.82) is 0 Å². The molecule has 1 saturated carbocycles. The third-order valence-electron chi connectivity index (χ3n) is 3.72. The number of nitrogens with one attached hydrogen (secondary N) is 3. The first-order valence-electron chi connectivity index (χ1n) is 7.17. The second kappa shape index (κ2) is 5.61. The van der Waals surface area contributed by atoms with Gasteiger partial charge in [0.25, 0.3) is 0 Å². The molecule has 0 atom stereocenters. The SMILES string of the molecule is O=C(CCNCc1cccc2c1NCC2)NC1CC1. The van der Waals surface area contributed by atoms with Crippen LogP contribution in [0.1, 0.15) is 30.4 Å². The van der Waals surface area contributed by atoms with E-state index in [1.807, 2.05) is 0 Å². The zero-order valence-electron chi connectivity index (χ0n) is 11.2. The van der Waals surface area contributed by atoms with Crippen molar-refractivity contribution in [2.45, 2.75) is 38.3 Å². The molecule has 4 heteroatoms. The lowest BCUT2D eigenvalue weighted by Crippen LogP contribution is -2.29. The summed E-state index contributed by atoms with van der Waals surface area (Å²) in [4.78, 5) is 11.5. The number of carbonyl (C=O) groups excluding carboxylic acids is 1. The molecule has 3 rings (SSSR count). The predicted octanol–water partition coefficient (Wildman–Crippen LogP) is 1.41. The minimum Gasteiger partial charge on any atom is -0.384 e. The molecule has 0 saturated heterocycles. The summed E-state index contributed by atoms with van der Waals surface area (Å²) in [5, 5.41) is 9.79. The fourth-order valence-corrected chi connectivity index (χ4v) is 2.51. The number of para-hydroxylation sites is 1. The maximum Gasteiger partial charge on any atom is 0.221 e. The lowest BCUT2D eigenvalue weighted by molar-refractivity contribution is -0.121. The molecule has 1 aliphatic heterocycles. The van der Waals surface area contributed by atoms with Crippen LogP contribution in [0.15, 0.2) is 18.2 Å². The molecular weight excluding hydrogens is 238 g/mol. The molecule has 1 fully saturated rings. The van der Waals surface area contributed by atoms with Crippen molar-refractivity contribution < 1.29 is 4.79 Å². The molecule has 4 nitrogen and oxygen atoms in total. The van der Waals surface area contributed by atoms with E-state index in [-0.39, 0.29) is 5.91 Å². The van der Waals surface area contributed by atoms with Crippen LogP contribution in [0.5, 0.6) is 0 Å². The van der Waals surface area contributed by atoms with E-state index in [1.165, 1.54) is 16.8 Å². The van der Waals surface area contributed by atoms with E-state index in [9.17, 15) is 4.79 Å². The summed E-state index contributed by atoms with van der Waals surface area (Å²) in [7, 11) is 0. The van der Waals surface area contributed by atoms with Gasteiger partial charge in [-0.2, -0.15) is 0 Å². The first-order valence-corrected chi connectivity index (χ1v) is 7.17. The summed E-state index contributed by atoms with van der Waals surface area (Å²) in [6.45, 7) is 2.60. The van der Waals surface area contributed by atoms with Crippen LogP contribution in [0, 0.1) is 0 Å². The third-order valence-corrected chi connectivity index (χ3v) is 3.72. The Kier molecular flexibility index (Phi) is 3.69. The fourth-order valence-electron chi connectivity index (χ4n) is 2.51. The van der Waals surface area contributed by atoms with Gasteiger partial charge in [0.2, 0.25) is 5.91 Å². The Morgan fingerprint density at radius 1 is 1.37 bits per heavy atom. The molecule has 1 aliphatic carbocycles. The molecule has 0 radical (unpaired) electrons. The maximum absolute atomic E-state index is 11.5. The van der Waals surface area contributed by atoms with Gasteiger partial charge >= 0.3 is 0 Å². The summed E-state index contributed by atoms with van der Waals surface area (Å²) in [5.41, 5.74) is 4.00. The largest absolute Gasteiger partial charge is 0.384 e. The monoisotopic (exact) mass is 259 g/mol. The first-order chi connectivity index (χ1) is 9.33. The van der Waals surface area contributed by atoms with Crippen LogP contribution in [-0.4, -0.2) is 25.0 Å². The Morgan fingerprint density at radius 3 is 3.11 bits per heavy atom. The average Bonchev–Trinajstić information content (AvgIpc) is 3.07. The number of benzene rings is 1. The molecule has 1 aromatic carbocycles. The van der Waals surface area contributed by atoms with E-state index in [0.717, 1.165) is 38.9 Å². The van der Waals surface area contributed by atoms with Crippen molar-refractivity contribution in [3.63, 3.8) is 0 Å². The highest BCUT2D eigenvalue weighted by Crippen LogP contribution is 2.26. The molecule has 0 spiro atoms. The number of carbonyl (C=O) groups is 1. The normalized spacial score (nSPS) is 16.8. The van der Waals surface area contributed by atoms with Gasteiger partial charge in [-0.15, -0.1) is 0 Å². The van der Waals surface area contributed by atoms with E-state index < -0.39 is 0 Å². The van der Waals surface area contributed by atoms with E-state index in [2.05, 4.69) is 34.1 Å². The van der Waals surface area contributed by atoms with E-state index >= 15 is 0 Å². The number of hydrogen-bond donors (Lipinski definition) is 3. The molecule has 1 aromatic rings. The first kappa shape index (κ1) is 12.5. The Morgan fingerprint density at radius 2 is 2.26 bits per heavy atom. The van der Waals surface area contributed by atoms with Gasteiger partial charge < -0.3 is 16.0 Å². The molecule has 2 aliphatic rings. The van der Waals surface area contributed by atoms with E-state index in [1.54, 1.807) is 0 Å². The molecule has 0 bridgehead atoms. The van der Waals surface area contributed by atoms with Gasteiger partial charge in [0.15, 0.2) is 0 Å². The number of rotatable bonds is 6. The number of anilines is 1. The summed E-state index contributed by atoms with van der Waals surface area (Å²) in [6.07, 6.45) is 3.99. The second-order valence-electron chi connectivity index (χ2n) is 5.40. The Hall–Kier alpha value is -1.55. The van der Waals surface area contributed by atoms with Crippen molar-refractivity contribution in [2.75, 3.05) is 18.4 Å². The third kappa shape index (κ3) is 3.26. The molecule has 1 heterocycles. The van der Waals surface area contributed by atoms with Crippen molar-refractivity contribution >= 4 is 11.6 Å². The minimum absolute atomic E-state index is 0.173. The van der Waals surface area contributed by atoms with Gasteiger partial charge in [-0.05, 0) is 30.4 Å². The standard InChI is InChI=1S/C15H21N3O/c19-14(18-13-4-5-13)7-8-16-10-12-3-1-2-11-6-9-17-15(11)12/h1-3,13,16-17H,4-10H2,(H,18,19). The van der Waals surface area contributed by atoms with Crippen molar-refractivity contribution in [3.8, 4) is 0 Å². The second-order valence-corrected chi connectivity index (χ2v) is 5.40. The van der Waals surface area contributed by atoms with Gasteiger partial charge in [-0.1, -0.05) is 18.2 Å². The van der Waals surface area contributed by atoms with Crippen molar-refractivity contribution in [1.82, 2.24) is 10.6 Å². The summed E-state index contributed by atoms with van der Waals surface area (Å²) >= 11 is 0. The summed E-state index contributed by atoms with van der Waals surface area (Å²) < 4.78 is 0. The van der Waals surface area contributed by atoms with Crippen molar-refractivity contribution in [3.05, 3.63) is 29.3 Å². The quantitative estimate of drug-likeness (QED) is 0.677. The average molecular weight is 259 g/mol. The zero-order valence-corrected chi connectivity index (χ0v) is 11.2. The van der Waals surface area contributed by atoms with Crippen LogP contribution < -0.4 is 16.0 Å². The Labute approximate surface area is 114 Å². The maximum atomic E-state index is 11.5. The summed E-state index contributed by atoms with van der Waals surface area (Å²) in [5.74, 6) is 0.173. The smallest absolute Gasteiger partial charge is 0.221 e. The van der Waals surface area contributed by atoms with Gasteiger partial charge in [0, 0.05) is 37.8 Å². The number of fused-ring (bicyclic) bond motifs is 1. The number of amides is 1. The lowest BCUT2D eigenvalue weighted by atomic mass is 10.1. The minimum atomic E-state index is 0.173. The Bertz CT molecular complexity index is 468. The van der Waals surface area contributed by atoms with Crippen LogP contribution in [0.25, 0.3) is 0 Å². The molecule has 3 N–H and O–H groups in total. The van der Waals surface area contributed by atoms with Crippen LogP contribution in [0.3, 0.4) is 0 Å². The van der Waals surface area contributed by atoms with Gasteiger partial charge in [-0.25, -0.2) is 0 Å². The number of hydrogen-bond acceptors (Lipinski definition) is 3. The molecular formula is C15H21N3O.